The molecule has 1 heterocycles. The van der Waals surface area contributed by atoms with E-state index in [1.165, 1.54) is 23.8 Å². The van der Waals surface area contributed by atoms with Crippen LogP contribution in [0.15, 0.2) is 53.0 Å². The molecule has 3 rings (SSSR count). The first-order chi connectivity index (χ1) is 12.1. The van der Waals surface area contributed by atoms with Gasteiger partial charge in [0.15, 0.2) is 0 Å². The lowest BCUT2D eigenvalue weighted by Crippen LogP contribution is -2.47. The van der Waals surface area contributed by atoms with Crippen molar-refractivity contribution in [2.45, 2.75) is 12.6 Å². The molecule has 132 valence electrons. The summed E-state index contributed by atoms with van der Waals surface area (Å²) in [6.07, 6.45) is -0.0752. The molecule has 1 saturated heterocycles. The summed E-state index contributed by atoms with van der Waals surface area (Å²) >= 11 is 3.28. The topological polar surface area (TPSA) is 41.6 Å². The molecule has 1 aliphatic rings. The molecule has 0 radical (unpaired) electrons. The largest absolute Gasteiger partial charge is 0.374 e. The SMILES string of the molecule is O=C(NCC1CN(Cc2ccccc2)CCO1)c1cc(F)ccc1Br. The maximum Gasteiger partial charge on any atom is 0.252 e. The van der Waals surface area contributed by atoms with Crippen molar-refractivity contribution in [3.8, 4) is 0 Å². The summed E-state index contributed by atoms with van der Waals surface area (Å²) in [5.74, 6) is -0.744. The first-order valence-corrected chi connectivity index (χ1v) is 9.02. The van der Waals surface area contributed by atoms with Crippen LogP contribution in [-0.4, -0.2) is 43.2 Å². The van der Waals surface area contributed by atoms with Crippen LogP contribution in [0.5, 0.6) is 0 Å². The fourth-order valence-corrected chi connectivity index (χ4v) is 3.29. The predicted molar refractivity (Wildman–Crippen MR) is 97.9 cm³/mol. The van der Waals surface area contributed by atoms with Gasteiger partial charge in [0, 0.05) is 30.7 Å². The highest BCUT2D eigenvalue weighted by atomic mass is 79.9. The molecule has 1 atom stereocenters. The number of nitrogens with one attached hydrogen (secondary N) is 1. The van der Waals surface area contributed by atoms with E-state index in [-0.39, 0.29) is 17.6 Å². The Bertz CT molecular complexity index is 727. The molecule has 6 heteroatoms. The Morgan fingerprint density at radius 1 is 1.28 bits per heavy atom. The van der Waals surface area contributed by atoms with Gasteiger partial charge in [0.2, 0.25) is 0 Å². The van der Waals surface area contributed by atoms with Gasteiger partial charge < -0.3 is 10.1 Å². The van der Waals surface area contributed by atoms with Gasteiger partial charge in [0.05, 0.1) is 18.3 Å². The van der Waals surface area contributed by atoms with Gasteiger partial charge >= 0.3 is 0 Å². The van der Waals surface area contributed by atoms with Gasteiger partial charge in [0.25, 0.3) is 5.91 Å². The number of carbonyl (C=O) groups excluding carboxylic acids is 1. The van der Waals surface area contributed by atoms with Crippen molar-refractivity contribution in [3.63, 3.8) is 0 Å². The van der Waals surface area contributed by atoms with E-state index in [0.29, 0.717) is 17.6 Å². The van der Waals surface area contributed by atoms with Crippen LogP contribution in [0.25, 0.3) is 0 Å². The lowest BCUT2D eigenvalue weighted by atomic mass is 10.1. The van der Waals surface area contributed by atoms with Gasteiger partial charge in [-0.2, -0.15) is 0 Å². The Morgan fingerprint density at radius 2 is 2.08 bits per heavy atom. The molecule has 0 saturated carbocycles. The zero-order valence-electron chi connectivity index (χ0n) is 13.8. The number of amides is 1. The highest BCUT2D eigenvalue weighted by Crippen LogP contribution is 2.18. The average molecular weight is 407 g/mol. The van der Waals surface area contributed by atoms with Crippen LogP contribution >= 0.6 is 15.9 Å². The van der Waals surface area contributed by atoms with Crippen molar-refractivity contribution < 1.29 is 13.9 Å². The number of benzene rings is 2. The summed E-state index contributed by atoms with van der Waals surface area (Å²) in [7, 11) is 0. The molecule has 1 aliphatic heterocycles. The summed E-state index contributed by atoms with van der Waals surface area (Å²) in [4.78, 5) is 14.6. The molecule has 25 heavy (non-hydrogen) atoms. The minimum atomic E-state index is -0.434. The predicted octanol–water partition coefficient (Wildman–Crippen LogP) is 3.22. The third-order valence-electron chi connectivity index (χ3n) is 4.14. The van der Waals surface area contributed by atoms with E-state index < -0.39 is 5.82 Å². The van der Waals surface area contributed by atoms with Gasteiger partial charge in [0.1, 0.15) is 5.82 Å². The standard InChI is InChI=1S/C19H20BrFN2O2/c20-18-7-6-15(21)10-17(18)19(24)22-11-16-13-23(8-9-25-16)12-14-4-2-1-3-5-14/h1-7,10,16H,8-9,11-13H2,(H,22,24). The highest BCUT2D eigenvalue weighted by Gasteiger charge is 2.21. The summed E-state index contributed by atoms with van der Waals surface area (Å²) in [5, 5.41) is 2.83. The second-order valence-corrected chi connectivity index (χ2v) is 6.90. The van der Waals surface area contributed by atoms with Crippen molar-refractivity contribution in [2.24, 2.45) is 0 Å². The van der Waals surface area contributed by atoms with Crippen molar-refractivity contribution in [1.29, 1.82) is 0 Å². The average Bonchev–Trinajstić information content (AvgIpc) is 2.63. The fourth-order valence-electron chi connectivity index (χ4n) is 2.86. The van der Waals surface area contributed by atoms with Gasteiger partial charge in [-0.25, -0.2) is 4.39 Å². The number of rotatable bonds is 5. The number of halogens is 2. The van der Waals surface area contributed by atoms with Crippen LogP contribution in [0.3, 0.4) is 0 Å². The molecule has 0 aliphatic carbocycles. The van der Waals surface area contributed by atoms with E-state index in [0.717, 1.165) is 19.6 Å². The van der Waals surface area contributed by atoms with E-state index in [1.807, 2.05) is 18.2 Å². The Morgan fingerprint density at radius 3 is 2.88 bits per heavy atom. The van der Waals surface area contributed by atoms with E-state index in [9.17, 15) is 9.18 Å². The number of morpholine rings is 1. The number of hydrogen-bond donors (Lipinski definition) is 1. The molecule has 0 bridgehead atoms. The van der Waals surface area contributed by atoms with Crippen LogP contribution in [0.2, 0.25) is 0 Å². The number of nitrogens with zero attached hydrogens (tertiary/aromatic N) is 1. The van der Waals surface area contributed by atoms with Crippen LogP contribution in [0, 0.1) is 5.82 Å². The normalized spacial score (nSPS) is 18.1. The first-order valence-electron chi connectivity index (χ1n) is 8.23. The first kappa shape index (κ1) is 18.0. The smallest absolute Gasteiger partial charge is 0.252 e. The molecule has 1 fully saturated rings. The van der Waals surface area contributed by atoms with Gasteiger partial charge in [-0.3, -0.25) is 9.69 Å². The Labute approximate surface area is 155 Å². The lowest BCUT2D eigenvalue weighted by Gasteiger charge is -2.33. The molecule has 1 unspecified atom stereocenters. The summed E-state index contributed by atoms with van der Waals surface area (Å²) in [5.41, 5.74) is 1.55. The molecule has 1 N–H and O–H groups in total. The van der Waals surface area contributed by atoms with Crippen molar-refractivity contribution in [2.75, 3.05) is 26.2 Å². The maximum absolute atomic E-state index is 13.3. The zero-order valence-corrected chi connectivity index (χ0v) is 15.3. The maximum atomic E-state index is 13.3. The summed E-state index contributed by atoms with van der Waals surface area (Å²) < 4.78 is 19.6. The van der Waals surface area contributed by atoms with E-state index >= 15 is 0 Å². The Hall–Kier alpha value is -1.76. The van der Waals surface area contributed by atoms with Crippen LogP contribution in [0.4, 0.5) is 4.39 Å². The van der Waals surface area contributed by atoms with Crippen molar-refractivity contribution in [1.82, 2.24) is 10.2 Å². The number of hydrogen-bond acceptors (Lipinski definition) is 3. The van der Waals surface area contributed by atoms with Crippen LogP contribution in [-0.2, 0) is 11.3 Å². The highest BCUT2D eigenvalue weighted by molar-refractivity contribution is 9.10. The molecule has 0 aromatic heterocycles. The minimum absolute atomic E-state index is 0.0752. The second kappa shape index (κ2) is 8.56. The molecular formula is C19H20BrFN2O2. The molecule has 1 amide bonds. The zero-order chi connectivity index (χ0) is 17.6. The van der Waals surface area contributed by atoms with E-state index in [1.54, 1.807) is 0 Å². The third-order valence-corrected chi connectivity index (χ3v) is 4.83. The molecular weight excluding hydrogens is 387 g/mol. The second-order valence-electron chi connectivity index (χ2n) is 6.05. The molecule has 2 aromatic carbocycles. The minimum Gasteiger partial charge on any atom is -0.374 e. The van der Waals surface area contributed by atoms with Crippen molar-refractivity contribution in [3.05, 3.63) is 69.9 Å². The Kier molecular flexibility index (Phi) is 6.18. The molecule has 0 spiro atoms. The number of ether oxygens (including phenoxy) is 1. The van der Waals surface area contributed by atoms with Gasteiger partial charge in [-0.1, -0.05) is 30.3 Å². The van der Waals surface area contributed by atoms with Gasteiger partial charge in [-0.15, -0.1) is 0 Å². The van der Waals surface area contributed by atoms with E-state index in [4.69, 9.17) is 4.74 Å². The monoisotopic (exact) mass is 406 g/mol. The van der Waals surface area contributed by atoms with Crippen LogP contribution in [0.1, 0.15) is 15.9 Å². The fraction of sp³-hybridized carbons (Fsp3) is 0.316. The summed E-state index contributed by atoms with van der Waals surface area (Å²) in [6, 6.07) is 14.3. The van der Waals surface area contributed by atoms with Crippen LogP contribution < -0.4 is 5.32 Å². The van der Waals surface area contributed by atoms with Crippen molar-refractivity contribution >= 4 is 21.8 Å². The van der Waals surface area contributed by atoms with E-state index in [2.05, 4.69) is 38.3 Å². The molecule has 2 aromatic rings. The van der Waals surface area contributed by atoms with Gasteiger partial charge in [-0.05, 0) is 39.7 Å². The lowest BCUT2D eigenvalue weighted by molar-refractivity contribution is -0.0292. The number of carbonyl (C=O) groups is 1. The summed E-state index contributed by atoms with van der Waals surface area (Å²) in [6.45, 7) is 3.52. The molecule has 4 nitrogen and oxygen atoms in total. The third kappa shape index (κ3) is 5.11. The Balaban J connectivity index is 1.52. The quantitative estimate of drug-likeness (QED) is 0.828.